The van der Waals surface area contributed by atoms with Gasteiger partial charge in [0.25, 0.3) is 0 Å². The van der Waals surface area contributed by atoms with Crippen LogP contribution in [0.1, 0.15) is 50.2 Å². The van der Waals surface area contributed by atoms with Gasteiger partial charge >= 0.3 is 5.97 Å². The summed E-state index contributed by atoms with van der Waals surface area (Å²) in [5.74, 6) is 1.22. The summed E-state index contributed by atoms with van der Waals surface area (Å²) in [6.07, 6.45) is 4.42. The monoisotopic (exact) mass is 503 g/mol. The third-order valence-electron chi connectivity index (χ3n) is 8.26. The molecule has 2 N–H and O–H groups in total. The lowest BCUT2D eigenvalue weighted by molar-refractivity contribution is -0.148. The zero-order chi connectivity index (χ0) is 24.8. The van der Waals surface area contributed by atoms with Crippen LogP contribution in [0.5, 0.6) is 11.5 Å². The summed E-state index contributed by atoms with van der Waals surface area (Å²) in [7, 11) is 1.39. The Morgan fingerprint density at radius 3 is 2.60 bits per heavy atom. The molecule has 35 heavy (non-hydrogen) atoms. The van der Waals surface area contributed by atoms with Crippen LogP contribution in [-0.4, -0.2) is 37.1 Å². The molecule has 0 unspecified atom stereocenters. The molecule has 2 aromatic carbocycles. The van der Waals surface area contributed by atoms with E-state index in [9.17, 15) is 14.3 Å². The highest BCUT2D eigenvalue weighted by Crippen LogP contribution is 2.58. The summed E-state index contributed by atoms with van der Waals surface area (Å²) in [4.78, 5) is 13.1. The van der Waals surface area contributed by atoms with E-state index in [1.165, 1.54) is 30.4 Å². The van der Waals surface area contributed by atoms with Gasteiger partial charge in [-0.05, 0) is 97.2 Å². The van der Waals surface area contributed by atoms with Crippen LogP contribution >= 0.6 is 11.6 Å². The number of benzene rings is 2. The van der Waals surface area contributed by atoms with Crippen molar-refractivity contribution in [2.75, 3.05) is 25.8 Å². The van der Waals surface area contributed by atoms with Crippen LogP contribution in [0.4, 0.5) is 10.1 Å². The Morgan fingerprint density at radius 2 is 1.94 bits per heavy atom. The quantitative estimate of drug-likeness (QED) is 0.525. The van der Waals surface area contributed by atoms with Crippen LogP contribution in [0.2, 0.25) is 5.02 Å². The van der Waals surface area contributed by atoms with Crippen molar-refractivity contribution in [1.82, 2.24) is 0 Å². The molecule has 0 radical (unpaired) electrons. The molecule has 1 heterocycles. The van der Waals surface area contributed by atoms with E-state index >= 15 is 0 Å². The number of aliphatic hydroxyl groups excluding tert-OH is 1. The number of methoxy groups -OCH3 is 1. The average molecular weight is 504 g/mol. The summed E-state index contributed by atoms with van der Waals surface area (Å²) in [6, 6.07) is 8.61. The first-order valence-corrected chi connectivity index (χ1v) is 12.5. The topological polar surface area (TPSA) is 77.0 Å². The fraction of sp³-hybridized carbons (Fsp3) is 0.519. The number of rotatable bonds is 6. The predicted octanol–water partition coefficient (Wildman–Crippen LogP) is 5.23. The van der Waals surface area contributed by atoms with Crippen molar-refractivity contribution in [2.24, 2.45) is 11.8 Å². The Labute approximate surface area is 209 Å². The number of aliphatic hydroxyl groups is 1. The van der Waals surface area contributed by atoms with Gasteiger partial charge in [0, 0.05) is 12.3 Å². The number of fused-ring (bicyclic) bond motifs is 3. The van der Waals surface area contributed by atoms with Crippen molar-refractivity contribution < 1.29 is 28.5 Å². The van der Waals surface area contributed by atoms with Crippen LogP contribution in [0.25, 0.3) is 0 Å². The van der Waals surface area contributed by atoms with Gasteiger partial charge in [-0.15, -0.1) is 0 Å². The van der Waals surface area contributed by atoms with Crippen molar-refractivity contribution >= 4 is 23.3 Å². The molecule has 1 saturated carbocycles. The summed E-state index contributed by atoms with van der Waals surface area (Å²) in [5, 5.41) is 13.1. The molecule has 1 fully saturated rings. The van der Waals surface area contributed by atoms with Gasteiger partial charge in [0.05, 0.1) is 12.1 Å². The predicted molar refractivity (Wildman–Crippen MR) is 131 cm³/mol. The number of nitrogens with one attached hydrogen (secondary N) is 1. The minimum Gasteiger partial charge on any atom is -0.467 e. The lowest BCUT2D eigenvalue weighted by Gasteiger charge is -2.47. The Kier molecular flexibility index (Phi) is 6.34. The van der Waals surface area contributed by atoms with Crippen LogP contribution in [0.3, 0.4) is 0 Å². The number of carbonyl (C=O) groups is 1. The van der Waals surface area contributed by atoms with Gasteiger partial charge in [-0.2, -0.15) is 0 Å². The van der Waals surface area contributed by atoms with E-state index in [2.05, 4.69) is 24.4 Å². The van der Waals surface area contributed by atoms with E-state index in [4.69, 9.17) is 25.8 Å². The number of hydrogen-bond acceptors (Lipinski definition) is 6. The second kappa shape index (κ2) is 9.17. The molecule has 5 rings (SSSR count). The lowest BCUT2D eigenvalue weighted by atomic mass is 9.59. The van der Waals surface area contributed by atoms with Gasteiger partial charge in [-0.3, -0.25) is 0 Å². The van der Waals surface area contributed by atoms with Crippen molar-refractivity contribution in [3.8, 4) is 11.5 Å². The molecular weight excluding hydrogens is 473 g/mol. The molecule has 2 atom stereocenters. The Bertz CT molecular complexity index is 1130. The maximum absolute atomic E-state index is 13.7. The fourth-order valence-electron chi connectivity index (χ4n) is 6.39. The Hall–Kier alpha value is -2.51. The maximum Gasteiger partial charge on any atom is 0.331 e. The van der Waals surface area contributed by atoms with Gasteiger partial charge in [-0.1, -0.05) is 18.5 Å². The molecule has 0 aromatic heterocycles. The molecule has 188 valence electrons. The third kappa shape index (κ3) is 4.12. The SMILES string of the molecule is COC(=O)C1(Nc2ccc(F)c(Cl)c2)CCC2(CC1)c1cc3c(cc1C[C@@H]2C[C@@H](C)CO)OCO3. The van der Waals surface area contributed by atoms with Crippen molar-refractivity contribution in [3.63, 3.8) is 0 Å². The molecule has 3 aliphatic rings. The summed E-state index contributed by atoms with van der Waals surface area (Å²) in [5.41, 5.74) is 2.03. The van der Waals surface area contributed by atoms with E-state index in [-0.39, 0.29) is 35.7 Å². The van der Waals surface area contributed by atoms with E-state index in [1.54, 1.807) is 6.07 Å². The molecule has 0 amide bonds. The first kappa shape index (κ1) is 24.2. The molecule has 0 saturated heterocycles. The Balaban J connectivity index is 1.48. The van der Waals surface area contributed by atoms with E-state index in [1.807, 2.05) is 0 Å². The Morgan fingerprint density at radius 1 is 1.23 bits per heavy atom. The number of carbonyl (C=O) groups excluding carboxylic acids is 1. The van der Waals surface area contributed by atoms with Gasteiger partial charge in [0.1, 0.15) is 11.4 Å². The highest BCUT2D eigenvalue weighted by atomic mass is 35.5. The van der Waals surface area contributed by atoms with Crippen LogP contribution in [-0.2, 0) is 21.4 Å². The highest BCUT2D eigenvalue weighted by Gasteiger charge is 2.54. The van der Waals surface area contributed by atoms with Crippen molar-refractivity contribution in [2.45, 2.75) is 56.4 Å². The maximum atomic E-state index is 13.7. The van der Waals surface area contributed by atoms with Crippen LogP contribution < -0.4 is 14.8 Å². The number of esters is 1. The lowest BCUT2D eigenvalue weighted by Crippen LogP contribution is -2.53. The zero-order valence-electron chi connectivity index (χ0n) is 20.0. The number of ether oxygens (including phenoxy) is 3. The summed E-state index contributed by atoms with van der Waals surface area (Å²) >= 11 is 6.00. The minimum atomic E-state index is -0.937. The summed E-state index contributed by atoms with van der Waals surface area (Å²) in [6.45, 7) is 2.45. The smallest absolute Gasteiger partial charge is 0.331 e. The first-order chi connectivity index (χ1) is 16.8. The van der Waals surface area contributed by atoms with E-state index < -0.39 is 11.4 Å². The zero-order valence-corrected chi connectivity index (χ0v) is 20.8. The van der Waals surface area contributed by atoms with Crippen molar-refractivity contribution in [3.05, 3.63) is 52.3 Å². The minimum absolute atomic E-state index is 0.00106. The van der Waals surface area contributed by atoms with Crippen LogP contribution in [0.15, 0.2) is 30.3 Å². The normalized spacial score (nSPS) is 27.5. The van der Waals surface area contributed by atoms with Crippen molar-refractivity contribution in [1.29, 1.82) is 0 Å². The molecular formula is C27H31ClFNO5. The van der Waals surface area contributed by atoms with Gasteiger partial charge in [0.15, 0.2) is 11.5 Å². The van der Waals surface area contributed by atoms with E-state index in [0.29, 0.717) is 24.4 Å². The van der Waals surface area contributed by atoms with Gasteiger partial charge in [0.2, 0.25) is 6.79 Å². The molecule has 0 bridgehead atoms. The van der Waals surface area contributed by atoms with E-state index in [0.717, 1.165) is 37.2 Å². The molecule has 8 heteroatoms. The number of anilines is 1. The largest absolute Gasteiger partial charge is 0.467 e. The molecule has 1 aliphatic heterocycles. The second-order valence-corrected chi connectivity index (χ2v) is 10.7. The molecule has 2 aromatic rings. The highest BCUT2D eigenvalue weighted by molar-refractivity contribution is 6.31. The molecule has 1 spiro atoms. The number of halogens is 2. The third-order valence-corrected chi connectivity index (χ3v) is 8.55. The first-order valence-electron chi connectivity index (χ1n) is 12.2. The molecule has 2 aliphatic carbocycles. The number of hydrogen-bond donors (Lipinski definition) is 2. The fourth-order valence-corrected chi connectivity index (χ4v) is 6.57. The second-order valence-electron chi connectivity index (χ2n) is 10.3. The average Bonchev–Trinajstić information content (AvgIpc) is 3.43. The molecule has 6 nitrogen and oxygen atoms in total. The summed E-state index contributed by atoms with van der Waals surface area (Å²) < 4.78 is 30.3. The van der Waals surface area contributed by atoms with Gasteiger partial charge in [-0.25, -0.2) is 9.18 Å². The van der Waals surface area contributed by atoms with Crippen LogP contribution in [0, 0.1) is 17.7 Å². The standard InChI is InChI=1S/C27H31ClFNO5/c1-16(14-31)9-18-10-17-11-23-24(35-15-34-23)13-20(17)26(18)5-7-27(8-6-26,25(32)33-2)30-19-3-4-22(29)21(28)12-19/h3-4,11-13,16,18,30-31H,5-10,14-15H2,1-2H3/t16-,18+,26?,27?/m1/s1. The van der Waals surface area contributed by atoms with Gasteiger partial charge < -0.3 is 24.6 Å².